The highest BCUT2D eigenvalue weighted by atomic mass is 35.5. The van der Waals surface area contributed by atoms with Crippen molar-refractivity contribution < 1.29 is 0 Å². The maximum Gasteiger partial charge on any atom is 0.0639 e. The molecule has 0 aliphatic heterocycles. The molecule has 0 aliphatic rings. The van der Waals surface area contributed by atoms with Crippen LogP contribution < -0.4 is 0 Å². The molecule has 0 N–H and O–H groups in total. The second-order valence-corrected chi connectivity index (χ2v) is 3.34. The van der Waals surface area contributed by atoms with Gasteiger partial charge in [0.05, 0.1) is 10.0 Å². The SMILES string of the molecule is Cc1ccc(Cl)c(Cl)c1CCl. The van der Waals surface area contributed by atoms with E-state index in [4.69, 9.17) is 34.8 Å². The van der Waals surface area contributed by atoms with Crippen LogP contribution in [0.4, 0.5) is 0 Å². The highest BCUT2D eigenvalue weighted by Gasteiger charge is 2.05. The summed E-state index contributed by atoms with van der Waals surface area (Å²) in [5, 5.41) is 1.13. The lowest BCUT2D eigenvalue weighted by atomic mass is 10.1. The molecular formula is C8H7Cl3. The van der Waals surface area contributed by atoms with E-state index in [9.17, 15) is 0 Å². The maximum atomic E-state index is 5.88. The van der Waals surface area contributed by atoms with E-state index in [2.05, 4.69) is 0 Å². The standard InChI is InChI=1S/C8H7Cl3/c1-5-2-3-7(10)8(11)6(5)4-9/h2-3H,4H2,1H3. The number of rotatable bonds is 1. The largest absolute Gasteiger partial charge is 0.121 e. The number of halogens is 3. The Kier molecular flexibility index (Phi) is 3.06. The fraction of sp³-hybridized carbons (Fsp3) is 0.250. The van der Waals surface area contributed by atoms with Crippen LogP contribution in [0.15, 0.2) is 12.1 Å². The molecule has 0 amide bonds. The lowest BCUT2D eigenvalue weighted by molar-refractivity contribution is 1.30. The highest BCUT2D eigenvalue weighted by molar-refractivity contribution is 6.42. The minimum absolute atomic E-state index is 0.408. The van der Waals surface area contributed by atoms with E-state index in [-0.39, 0.29) is 0 Å². The molecule has 0 spiro atoms. The highest BCUT2D eigenvalue weighted by Crippen LogP contribution is 2.29. The lowest BCUT2D eigenvalue weighted by Crippen LogP contribution is -1.86. The van der Waals surface area contributed by atoms with E-state index in [1.165, 1.54) is 0 Å². The first-order chi connectivity index (χ1) is 5.16. The Hall–Kier alpha value is 0.0900. The number of hydrogen-bond donors (Lipinski definition) is 0. The molecule has 0 bridgehead atoms. The van der Waals surface area contributed by atoms with Gasteiger partial charge in [0.1, 0.15) is 0 Å². The lowest BCUT2D eigenvalue weighted by Gasteiger charge is -2.05. The summed E-state index contributed by atoms with van der Waals surface area (Å²) < 4.78 is 0. The summed E-state index contributed by atoms with van der Waals surface area (Å²) in [5.74, 6) is 0.408. The third-order valence-corrected chi connectivity index (χ3v) is 2.67. The molecular weight excluding hydrogens is 202 g/mol. The summed E-state index contributed by atoms with van der Waals surface area (Å²) in [4.78, 5) is 0. The van der Waals surface area contributed by atoms with Gasteiger partial charge in [0.2, 0.25) is 0 Å². The quantitative estimate of drug-likeness (QED) is 0.613. The van der Waals surface area contributed by atoms with Crippen LogP contribution >= 0.6 is 34.8 Å². The van der Waals surface area contributed by atoms with Crippen LogP contribution in [0.5, 0.6) is 0 Å². The number of benzene rings is 1. The van der Waals surface area contributed by atoms with Gasteiger partial charge in [-0.2, -0.15) is 0 Å². The van der Waals surface area contributed by atoms with Crippen molar-refractivity contribution in [1.82, 2.24) is 0 Å². The van der Waals surface area contributed by atoms with Crippen LogP contribution in [0.2, 0.25) is 10.0 Å². The van der Waals surface area contributed by atoms with Gasteiger partial charge >= 0.3 is 0 Å². The molecule has 0 unspecified atom stereocenters. The zero-order chi connectivity index (χ0) is 8.43. The zero-order valence-electron chi connectivity index (χ0n) is 6.00. The summed E-state index contributed by atoms with van der Waals surface area (Å²) in [6, 6.07) is 3.68. The Morgan fingerprint density at radius 1 is 1.27 bits per heavy atom. The van der Waals surface area contributed by atoms with E-state index in [0.29, 0.717) is 15.9 Å². The number of hydrogen-bond acceptors (Lipinski definition) is 0. The summed E-state index contributed by atoms with van der Waals surface area (Å²) in [5.41, 5.74) is 2.00. The van der Waals surface area contributed by atoms with Gasteiger partial charge in [-0.05, 0) is 24.1 Å². The third kappa shape index (κ3) is 1.81. The van der Waals surface area contributed by atoms with E-state index in [1.54, 1.807) is 6.07 Å². The Morgan fingerprint density at radius 3 is 2.36 bits per heavy atom. The average molecular weight is 210 g/mol. The smallest absolute Gasteiger partial charge is 0.0639 e. The molecule has 60 valence electrons. The molecule has 1 rings (SSSR count). The fourth-order valence-corrected chi connectivity index (χ4v) is 1.72. The predicted molar refractivity (Wildman–Crippen MR) is 50.8 cm³/mol. The molecule has 0 aromatic heterocycles. The molecule has 0 aliphatic carbocycles. The van der Waals surface area contributed by atoms with Crippen molar-refractivity contribution in [2.75, 3.05) is 0 Å². The Labute approximate surface area is 81.1 Å². The van der Waals surface area contributed by atoms with E-state index >= 15 is 0 Å². The van der Waals surface area contributed by atoms with Crippen molar-refractivity contribution in [2.45, 2.75) is 12.8 Å². The molecule has 1 aromatic carbocycles. The first-order valence-electron chi connectivity index (χ1n) is 3.16. The van der Waals surface area contributed by atoms with Crippen LogP contribution in [0.1, 0.15) is 11.1 Å². The van der Waals surface area contributed by atoms with Crippen LogP contribution in [0.25, 0.3) is 0 Å². The molecule has 0 saturated carbocycles. The molecule has 0 fully saturated rings. The normalized spacial score (nSPS) is 10.2. The molecule has 1 aromatic rings. The van der Waals surface area contributed by atoms with Crippen molar-refractivity contribution in [3.63, 3.8) is 0 Å². The van der Waals surface area contributed by atoms with Crippen LogP contribution in [0.3, 0.4) is 0 Å². The van der Waals surface area contributed by atoms with Gasteiger partial charge in [-0.3, -0.25) is 0 Å². The third-order valence-electron chi connectivity index (χ3n) is 1.56. The second-order valence-electron chi connectivity index (χ2n) is 2.29. The molecule has 0 atom stereocenters. The van der Waals surface area contributed by atoms with Gasteiger partial charge in [-0.25, -0.2) is 0 Å². The number of alkyl halides is 1. The molecule has 0 heterocycles. The fourth-order valence-electron chi connectivity index (χ4n) is 0.853. The topological polar surface area (TPSA) is 0 Å². The maximum absolute atomic E-state index is 5.88. The van der Waals surface area contributed by atoms with Crippen molar-refractivity contribution in [2.24, 2.45) is 0 Å². The zero-order valence-corrected chi connectivity index (χ0v) is 8.26. The first kappa shape index (κ1) is 9.18. The summed E-state index contributed by atoms with van der Waals surface area (Å²) in [6.45, 7) is 1.96. The monoisotopic (exact) mass is 208 g/mol. The average Bonchev–Trinajstić information content (AvgIpc) is 1.99. The minimum Gasteiger partial charge on any atom is -0.121 e. The van der Waals surface area contributed by atoms with Crippen LogP contribution in [0, 0.1) is 6.92 Å². The van der Waals surface area contributed by atoms with Crippen molar-refractivity contribution in [3.8, 4) is 0 Å². The number of aryl methyl sites for hydroxylation is 1. The molecule has 0 radical (unpaired) electrons. The predicted octanol–water partition coefficient (Wildman–Crippen LogP) is 4.04. The van der Waals surface area contributed by atoms with Gasteiger partial charge in [0.15, 0.2) is 0 Å². The van der Waals surface area contributed by atoms with Gasteiger partial charge in [0, 0.05) is 5.88 Å². The Bertz CT molecular complexity index is 268. The van der Waals surface area contributed by atoms with E-state index < -0.39 is 0 Å². The van der Waals surface area contributed by atoms with Gasteiger partial charge in [-0.15, -0.1) is 11.6 Å². The summed E-state index contributed by atoms with van der Waals surface area (Å²) in [7, 11) is 0. The molecule has 11 heavy (non-hydrogen) atoms. The van der Waals surface area contributed by atoms with Gasteiger partial charge < -0.3 is 0 Å². The second kappa shape index (κ2) is 3.66. The molecule has 0 nitrogen and oxygen atoms in total. The van der Waals surface area contributed by atoms with Crippen LogP contribution in [-0.4, -0.2) is 0 Å². The first-order valence-corrected chi connectivity index (χ1v) is 4.45. The molecule has 3 heteroatoms. The summed E-state index contributed by atoms with van der Waals surface area (Å²) in [6.07, 6.45) is 0. The van der Waals surface area contributed by atoms with Crippen LogP contribution in [-0.2, 0) is 5.88 Å². The summed E-state index contributed by atoms with van der Waals surface area (Å²) >= 11 is 17.3. The van der Waals surface area contributed by atoms with Crippen molar-refractivity contribution in [3.05, 3.63) is 33.3 Å². The van der Waals surface area contributed by atoms with Gasteiger partial charge in [-0.1, -0.05) is 29.3 Å². The minimum atomic E-state index is 0.408. The Morgan fingerprint density at radius 2 is 1.91 bits per heavy atom. The van der Waals surface area contributed by atoms with Crippen molar-refractivity contribution >= 4 is 34.8 Å². The van der Waals surface area contributed by atoms with Crippen molar-refractivity contribution in [1.29, 1.82) is 0 Å². The van der Waals surface area contributed by atoms with E-state index in [0.717, 1.165) is 11.1 Å². The van der Waals surface area contributed by atoms with E-state index in [1.807, 2.05) is 13.0 Å². The molecule has 0 saturated heterocycles. The van der Waals surface area contributed by atoms with Gasteiger partial charge in [0.25, 0.3) is 0 Å². The Balaban J connectivity index is 3.29.